The third-order valence-corrected chi connectivity index (χ3v) is 10.0. The molecule has 1 aliphatic heterocycles. The van der Waals surface area contributed by atoms with E-state index in [1.54, 1.807) is 60.8 Å². The molecule has 0 saturated carbocycles. The highest BCUT2D eigenvalue weighted by molar-refractivity contribution is 7.92. The minimum atomic E-state index is -3.64. The van der Waals surface area contributed by atoms with Gasteiger partial charge in [-0.05, 0) is 79.4 Å². The SMILES string of the molecule is COc1cc(Nc2cc(Oc3ccc(NC(=O)Nc4cc(C(C)(C)C)cc(NS(C)(=O)=O)c4OC)c4ccccc34)ccn2)ccc1C(=O)NCCN1CCCC1. The van der Waals surface area contributed by atoms with E-state index in [0.29, 0.717) is 52.2 Å². The summed E-state index contributed by atoms with van der Waals surface area (Å²) in [4.78, 5) is 33.2. The maximum atomic E-state index is 13.5. The van der Waals surface area contributed by atoms with Crippen molar-refractivity contribution < 1.29 is 32.2 Å². The van der Waals surface area contributed by atoms with Crippen molar-refractivity contribution in [2.75, 3.05) is 67.3 Å². The molecule has 1 aromatic heterocycles. The smallest absolute Gasteiger partial charge is 0.323 e. The van der Waals surface area contributed by atoms with Gasteiger partial charge in [-0.2, -0.15) is 0 Å². The summed E-state index contributed by atoms with van der Waals surface area (Å²) >= 11 is 0. The number of carbonyl (C=O) groups excluding carboxylic acids is 2. The van der Waals surface area contributed by atoms with Crippen LogP contribution in [-0.2, 0) is 15.4 Å². The van der Waals surface area contributed by atoms with Crippen LogP contribution in [0.1, 0.15) is 49.5 Å². The van der Waals surface area contributed by atoms with Gasteiger partial charge in [-0.3, -0.25) is 9.52 Å². The lowest BCUT2D eigenvalue weighted by atomic mass is 9.86. The summed E-state index contributed by atoms with van der Waals surface area (Å²) in [5, 5.41) is 13.5. The van der Waals surface area contributed by atoms with Gasteiger partial charge in [-0.25, -0.2) is 18.2 Å². The topological polar surface area (TPSA) is 172 Å². The summed E-state index contributed by atoms with van der Waals surface area (Å²) < 4.78 is 44.3. The number of sulfonamides is 1. The number of hydrogen-bond donors (Lipinski definition) is 5. The molecule has 0 spiro atoms. The predicted molar refractivity (Wildman–Crippen MR) is 225 cm³/mol. The van der Waals surface area contributed by atoms with Gasteiger partial charge in [0.25, 0.3) is 5.91 Å². The Morgan fingerprint density at radius 2 is 1.54 bits per heavy atom. The largest absolute Gasteiger partial charge is 0.496 e. The van der Waals surface area contributed by atoms with E-state index in [9.17, 15) is 18.0 Å². The maximum absolute atomic E-state index is 13.5. The molecule has 1 saturated heterocycles. The molecule has 6 rings (SSSR count). The number of pyridine rings is 1. The molecule has 2 heterocycles. The summed E-state index contributed by atoms with van der Waals surface area (Å²) in [5.41, 5.74) is 2.57. The number of methoxy groups -OCH3 is 2. The van der Waals surface area contributed by atoms with Crippen LogP contribution in [0.15, 0.2) is 85.1 Å². The first-order valence-electron chi connectivity index (χ1n) is 18.6. The Morgan fingerprint density at radius 1 is 0.825 bits per heavy atom. The molecule has 0 atom stereocenters. The molecule has 5 aromatic rings. The van der Waals surface area contributed by atoms with Crippen LogP contribution in [0.3, 0.4) is 0 Å². The normalized spacial score (nSPS) is 13.2. The molecule has 0 unspecified atom stereocenters. The third kappa shape index (κ3) is 10.4. The molecule has 3 amide bonds. The van der Waals surface area contributed by atoms with Crippen molar-refractivity contribution in [2.45, 2.75) is 39.0 Å². The third-order valence-electron chi connectivity index (χ3n) is 9.42. The van der Waals surface area contributed by atoms with Gasteiger partial charge in [-0.15, -0.1) is 0 Å². The maximum Gasteiger partial charge on any atom is 0.323 e. The van der Waals surface area contributed by atoms with Crippen molar-refractivity contribution >= 4 is 61.3 Å². The van der Waals surface area contributed by atoms with E-state index >= 15 is 0 Å². The summed E-state index contributed by atoms with van der Waals surface area (Å²) in [6.45, 7) is 9.49. The zero-order chi connectivity index (χ0) is 40.7. The quantitative estimate of drug-likeness (QED) is 0.0744. The molecule has 0 aliphatic carbocycles. The summed E-state index contributed by atoms with van der Waals surface area (Å²) in [6, 6.07) is 22.7. The molecule has 1 aliphatic rings. The van der Waals surface area contributed by atoms with Crippen LogP contribution >= 0.6 is 0 Å². The van der Waals surface area contributed by atoms with Gasteiger partial charge in [-0.1, -0.05) is 45.0 Å². The second-order valence-corrected chi connectivity index (χ2v) is 16.5. The molecular formula is C42H49N7O7S. The second-order valence-electron chi connectivity index (χ2n) is 14.8. The number of carbonyl (C=O) groups is 2. The Bertz CT molecular complexity index is 2380. The van der Waals surface area contributed by atoms with Crippen LogP contribution < -0.4 is 40.2 Å². The summed E-state index contributed by atoms with van der Waals surface area (Å²) in [5.74, 6) is 1.99. The van der Waals surface area contributed by atoms with Gasteiger partial charge in [0.05, 0.1) is 43.1 Å². The van der Waals surface area contributed by atoms with Crippen LogP contribution in [-0.4, -0.2) is 76.9 Å². The molecule has 0 radical (unpaired) electrons. The number of nitrogens with zero attached hydrogens (tertiary/aromatic N) is 2. The van der Waals surface area contributed by atoms with Gasteiger partial charge in [0.1, 0.15) is 23.1 Å². The molecular weight excluding hydrogens is 747 g/mol. The molecule has 5 N–H and O–H groups in total. The molecule has 15 heteroatoms. The lowest BCUT2D eigenvalue weighted by molar-refractivity contribution is 0.0946. The highest BCUT2D eigenvalue weighted by Crippen LogP contribution is 2.40. The standard InChI is InChI=1S/C42H49N7O7S/c1-42(2,3)27-23-34(39(55-5)35(24-27)48-57(6,52)53)47-41(51)46-33-15-16-36(31-12-8-7-11-30(31)33)56-29-17-18-43-38(26-29)45-28-13-14-32(37(25-28)54-4)40(50)44-19-22-49-20-9-10-21-49/h7-8,11-18,23-26,48H,9-10,19-22H2,1-6H3,(H,43,45)(H,44,50)(H2,46,47,51). The van der Waals surface area contributed by atoms with Gasteiger partial charge >= 0.3 is 6.03 Å². The Hall–Kier alpha value is -6.06. The first kappa shape index (κ1) is 40.6. The number of amides is 3. The summed E-state index contributed by atoms with van der Waals surface area (Å²) in [6.07, 6.45) is 5.08. The van der Waals surface area contributed by atoms with Crippen molar-refractivity contribution in [2.24, 2.45) is 0 Å². The van der Waals surface area contributed by atoms with Crippen LogP contribution in [0.25, 0.3) is 10.8 Å². The number of benzene rings is 4. The lowest BCUT2D eigenvalue weighted by Gasteiger charge is -2.24. The van der Waals surface area contributed by atoms with E-state index in [4.69, 9.17) is 14.2 Å². The first-order valence-corrected chi connectivity index (χ1v) is 20.5. The zero-order valence-corrected chi connectivity index (χ0v) is 33.8. The zero-order valence-electron chi connectivity index (χ0n) is 33.0. The first-order chi connectivity index (χ1) is 27.2. The number of hydrogen-bond acceptors (Lipinski definition) is 10. The van der Waals surface area contributed by atoms with E-state index in [2.05, 4.69) is 35.9 Å². The van der Waals surface area contributed by atoms with Crippen LogP contribution in [0, 0.1) is 0 Å². The number of fused-ring (bicyclic) bond motifs is 1. The van der Waals surface area contributed by atoms with Gasteiger partial charge in [0.15, 0.2) is 5.75 Å². The van der Waals surface area contributed by atoms with Gasteiger partial charge in [0.2, 0.25) is 10.0 Å². The number of nitrogens with one attached hydrogen (secondary N) is 5. The van der Waals surface area contributed by atoms with Crippen molar-refractivity contribution in [1.82, 2.24) is 15.2 Å². The minimum absolute atomic E-state index is 0.172. The number of ether oxygens (including phenoxy) is 3. The second kappa shape index (κ2) is 17.4. The molecule has 300 valence electrons. The van der Waals surface area contributed by atoms with Crippen LogP contribution in [0.4, 0.5) is 33.4 Å². The van der Waals surface area contributed by atoms with Crippen molar-refractivity contribution in [3.05, 3.63) is 96.2 Å². The van der Waals surface area contributed by atoms with E-state index in [0.717, 1.165) is 42.2 Å². The van der Waals surface area contributed by atoms with Crippen LogP contribution in [0.2, 0.25) is 0 Å². The fraction of sp³-hybridized carbons (Fsp3) is 0.310. The molecule has 4 aromatic carbocycles. The van der Waals surface area contributed by atoms with Crippen molar-refractivity contribution in [3.8, 4) is 23.0 Å². The monoisotopic (exact) mass is 795 g/mol. The predicted octanol–water partition coefficient (Wildman–Crippen LogP) is 7.93. The average Bonchev–Trinajstić information content (AvgIpc) is 3.68. The number of anilines is 5. The Balaban J connectivity index is 1.16. The number of aromatic nitrogens is 1. The van der Waals surface area contributed by atoms with E-state index in [1.807, 2.05) is 45.0 Å². The van der Waals surface area contributed by atoms with Gasteiger partial charge < -0.3 is 40.4 Å². The minimum Gasteiger partial charge on any atom is -0.496 e. The van der Waals surface area contributed by atoms with E-state index < -0.39 is 16.1 Å². The Labute approximate surface area is 333 Å². The van der Waals surface area contributed by atoms with Gasteiger partial charge in [0, 0.05) is 47.9 Å². The Kier molecular flexibility index (Phi) is 12.4. The number of urea groups is 1. The molecule has 0 bridgehead atoms. The fourth-order valence-corrected chi connectivity index (χ4v) is 7.15. The number of rotatable bonds is 14. The highest BCUT2D eigenvalue weighted by atomic mass is 32.2. The van der Waals surface area contributed by atoms with E-state index in [-0.39, 0.29) is 22.8 Å². The lowest BCUT2D eigenvalue weighted by Crippen LogP contribution is -2.33. The van der Waals surface area contributed by atoms with Crippen LogP contribution in [0.5, 0.6) is 23.0 Å². The molecule has 57 heavy (non-hydrogen) atoms. The number of likely N-dealkylation sites (tertiary alicyclic amines) is 1. The average molecular weight is 796 g/mol. The molecule has 1 fully saturated rings. The highest BCUT2D eigenvalue weighted by Gasteiger charge is 2.23. The van der Waals surface area contributed by atoms with E-state index in [1.165, 1.54) is 27.1 Å². The Morgan fingerprint density at radius 3 is 2.25 bits per heavy atom. The molecule has 14 nitrogen and oxygen atoms in total. The van der Waals surface area contributed by atoms with Crippen molar-refractivity contribution in [3.63, 3.8) is 0 Å². The van der Waals surface area contributed by atoms with Crippen molar-refractivity contribution in [1.29, 1.82) is 0 Å². The fourth-order valence-electron chi connectivity index (χ4n) is 6.60. The summed E-state index contributed by atoms with van der Waals surface area (Å²) in [7, 11) is -0.701.